The van der Waals surface area contributed by atoms with Gasteiger partial charge in [-0.3, -0.25) is 0 Å². The Kier molecular flexibility index (Phi) is 3.27. The molecule has 0 unspecified atom stereocenters. The highest BCUT2D eigenvalue weighted by Crippen LogP contribution is 2.21. The predicted molar refractivity (Wildman–Crippen MR) is 69.2 cm³/mol. The zero-order valence-electron chi connectivity index (χ0n) is 8.85. The van der Waals surface area contributed by atoms with Gasteiger partial charge in [0, 0.05) is 20.8 Å². The molecule has 0 saturated heterocycles. The van der Waals surface area contributed by atoms with Crippen LogP contribution in [0.2, 0.25) is 0 Å². The third kappa shape index (κ3) is 2.01. The molecule has 0 atom stereocenters. The normalized spacial score (nSPS) is 18.0. The first-order chi connectivity index (χ1) is 7.24. The summed E-state index contributed by atoms with van der Waals surface area (Å²) in [6.07, 6.45) is 6.60. The largest absolute Gasteiger partial charge is 0.249 e. The molecule has 1 nitrogen and oxygen atoms in total. The van der Waals surface area contributed by atoms with Crippen LogP contribution >= 0.6 is 22.9 Å². The molecule has 0 aromatic carbocycles. The van der Waals surface area contributed by atoms with Gasteiger partial charge < -0.3 is 0 Å². The van der Waals surface area contributed by atoms with E-state index in [2.05, 4.69) is 11.6 Å². The monoisotopic (exact) mass is 239 g/mol. The van der Waals surface area contributed by atoms with Gasteiger partial charge in [0.05, 0.1) is 0 Å². The molecule has 1 heterocycles. The van der Waals surface area contributed by atoms with Crippen molar-refractivity contribution in [3.05, 3.63) is 20.2 Å². The third-order valence-corrected chi connectivity index (χ3v) is 4.13. The summed E-state index contributed by atoms with van der Waals surface area (Å²) in [6, 6.07) is 0. The number of hydrogen-bond acceptors (Lipinski definition) is 2. The van der Waals surface area contributed by atoms with E-state index in [1.807, 2.05) is 6.92 Å². The van der Waals surface area contributed by atoms with Crippen molar-refractivity contribution in [3.63, 3.8) is 0 Å². The molecule has 1 aromatic rings. The van der Waals surface area contributed by atoms with Crippen LogP contribution in [0.5, 0.6) is 0 Å². The van der Waals surface area contributed by atoms with Crippen LogP contribution in [0.1, 0.15) is 30.2 Å². The van der Waals surface area contributed by atoms with Gasteiger partial charge in [-0.25, -0.2) is 4.99 Å². The van der Waals surface area contributed by atoms with Crippen LogP contribution in [0.3, 0.4) is 0 Å². The van der Waals surface area contributed by atoms with Crippen LogP contribution < -0.4 is 9.75 Å². The Morgan fingerprint density at radius 2 is 2.20 bits per heavy atom. The Morgan fingerprint density at radius 1 is 1.47 bits per heavy atom. The van der Waals surface area contributed by atoms with Crippen molar-refractivity contribution in [1.29, 1.82) is 0 Å². The molecule has 0 fully saturated rings. The molecule has 0 spiro atoms. The number of thiophene rings is 1. The maximum Gasteiger partial charge on any atom is 0.137 e. The average molecular weight is 240 g/mol. The number of fused-ring (bicyclic) bond motifs is 1. The van der Waals surface area contributed by atoms with Gasteiger partial charge in [-0.1, -0.05) is 18.2 Å². The molecule has 15 heavy (non-hydrogen) atoms. The first-order valence-corrected chi connectivity index (χ1v) is 6.41. The highest BCUT2D eigenvalue weighted by molar-refractivity contribution is 7.10. The second-order valence-electron chi connectivity index (χ2n) is 3.69. The molecular formula is C12H14ClNS. The maximum absolute atomic E-state index is 6.18. The minimum Gasteiger partial charge on any atom is -0.249 e. The highest BCUT2D eigenvalue weighted by atomic mass is 35.5. The average Bonchev–Trinajstić information content (AvgIpc) is 2.54. The van der Waals surface area contributed by atoms with Gasteiger partial charge in [0.25, 0.3) is 0 Å². The number of aryl methyl sites for hydroxylation is 1. The second-order valence-corrected chi connectivity index (χ2v) is 5.23. The van der Waals surface area contributed by atoms with Crippen LogP contribution in [0.4, 0.5) is 0 Å². The van der Waals surface area contributed by atoms with Crippen LogP contribution in [-0.2, 0) is 12.8 Å². The fourth-order valence-electron chi connectivity index (χ4n) is 2.04. The van der Waals surface area contributed by atoms with Crippen molar-refractivity contribution in [2.45, 2.75) is 32.6 Å². The Bertz CT molecular complexity index is 498. The number of rotatable bonds is 1. The molecule has 0 radical (unpaired) electrons. The number of halogens is 1. The van der Waals surface area contributed by atoms with Gasteiger partial charge in [-0.05, 0) is 38.2 Å². The Morgan fingerprint density at radius 3 is 2.93 bits per heavy atom. The summed E-state index contributed by atoms with van der Waals surface area (Å²) in [4.78, 5) is 5.62. The second kappa shape index (κ2) is 4.50. The Labute approximate surface area is 98.8 Å². The Balaban J connectivity index is 2.71. The molecule has 0 amide bonds. The molecule has 80 valence electrons. The molecule has 1 aliphatic carbocycles. The predicted octanol–water partition coefficient (Wildman–Crippen LogP) is 2.43. The van der Waals surface area contributed by atoms with Crippen molar-refractivity contribution in [1.82, 2.24) is 0 Å². The Hall–Kier alpha value is -0.600. The fraction of sp³-hybridized carbons (Fsp3) is 0.417. The molecule has 1 aliphatic rings. The summed E-state index contributed by atoms with van der Waals surface area (Å²) in [5.41, 5.74) is 1.40. The van der Waals surface area contributed by atoms with E-state index in [1.165, 1.54) is 29.7 Å². The van der Waals surface area contributed by atoms with E-state index in [1.54, 1.807) is 17.6 Å². The van der Waals surface area contributed by atoms with Crippen LogP contribution in [0.15, 0.2) is 4.99 Å². The topological polar surface area (TPSA) is 12.4 Å². The smallest absolute Gasteiger partial charge is 0.137 e. The van der Waals surface area contributed by atoms with E-state index in [0.717, 1.165) is 16.2 Å². The fourth-order valence-corrected chi connectivity index (χ4v) is 3.62. The zero-order valence-corrected chi connectivity index (χ0v) is 10.4. The lowest BCUT2D eigenvalue weighted by atomic mass is 9.98. The first kappa shape index (κ1) is 10.9. The van der Waals surface area contributed by atoms with E-state index in [9.17, 15) is 0 Å². The molecule has 0 N–H and O–H groups in total. The minimum atomic E-state index is 0.599. The summed E-state index contributed by atoms with van der Waals surface area (Å²) < 4.78 is 1.07. The van der Waals surface area contributed by atoms with Crippen molar-refractivity contribution in [2.24, 2.45) is 4.99 Å². The molecule has 2 rings (SSSR count). The highest BCUT2D eigenvalue weighted by Gasteiger charge is 2.14. The van der Waals surface area contributed by atoms with Crippen LogP contribution in [0.25, 0.3) is 11.7 Å². The SMILES string of the molecule is C=c1sc2c(/c1=C(Cl)/N=C\C)CCCC2. The first-order valence-electron chi connectivity index (χ1n) is 5.22. The minimum absolute atomic E-state index is 0.599. The molecule has 0 bridgehead atoms. The summed E-state index contributed by atoms with van der Waals surface area (Å²) in [5.74, 6) is 0. The lowest BCUT2D eigenvalue weighted by Gasteiger charge is -2.09. The van der Waals surface area contributed by atoms with Crippen LogP contribution in [-0.4, -0.2) is 6.21 Å². The van der Waals surface area contributed by atoms with Gasteiger partial charge in [0.2, 0.25) is 0 Å². The maximum atomic E-state index is 6.18. The quantitative estimate of drug-likeness (QED) is 0.527. The van der Waals surface area contributed by atoms with Gasteiger partial charge in [-0.15, -0.1) is 11.3 Å². The van der Waals surface area contributed by atoms with E-state index in [-0.39, 0.29) is 0 Å². The summed E-state index contributed by atoms with van der Waals surface area (Å²) >= 11 is 7.96. The third-order valence-electron chi connectivity index (χ3n) is 2.69. The molecule has 0 aliphatic heterocycles. The van der Waals surface area contributed by atoms with Crippen molar-refractivity contribution in [3.8, 4) is 0 Å². The van der Waals surface area contributed by atoms with Crippen LogP contribution in [0, 0.1) is 0 Å². The zero-order chi connectivity index (χ0) is 10.8. The molecule has 0 saturated carbocycles. The summed E-state index contributed by atoms with van der Waals surface area (Å²) in [6.45, 7) is 5.95. The summed E-state index contributed by atoms with van der Waals surface area (Å²) in [5, 5.41) is 1.69. The van der Waals surface area contributed by atoms with Gasteiger partial charge in [0.15, 0.2) is 0 Å². The van der Waals surface area contributed by atoms with E-state index >= 15 is 0 Å². The molecule has 1 aromatic heterocycles. The number of hydrogen-bond donors (Lipinski definition) is 0. The van der Waals surface area contributed by atoms with Crippen molar-refractivity contribution < 1.29 is 0 Å². The van der Waals surface area contributed by atoms with Gasteiger partial charge in [0.1, 0.15) is 5.16 Å². The lowest BCUT2D eigenvalue weighted by molar-refractivity contribution is 0.694. The van der Waals surface area contributed by atoms with E-state index in [0.29, 0.717) is 5.16 Å². The van der Waals surface area contributed by atoms with E-state index < -0.39 is 0 Å². The number of aliphatic imine (C=N–C) groups is 1. The molecular weight excluding hydrogens is 226 g/mol. The molecule has 3 heteroatoms. The lowest BCUT2D eigenvalue weighted by Crippen LogP contribution is -2.23. The number of nitrogens with zero attached hydrogens (tertiary/aromatic N) is 1. The van der Waals surface area contributed by atoms with E-state index in [4.69, 9.17) is 11.6 Å². The summed E-state index contributed by atoms with van der Waals surface area (Å²) in [7, 11) is 0. The standard InChI is InChI=1S/C12H14ClNS/c1-3-14-12(13)11-8(2)15-10-7-5-4-6-9(10)11/h3H,2,4-7H2,1H3/b12-11+,14-3-. The van der Waals surface area contributed by atoms with Crippen molar-refractivity contribution in [2.75, 3.05) is 0 Å². The van der Waals surface area contributed by atoms with Gasteiger partial charge in [-0.2, -0.15) is 0 Å². The van der Waals surface area contributed by atoms with Gasteiger partial charge >= 0.3 is 0 Å². The van der Waals surface area contributed by atoms with Crippen molar-refractivity contribution >= 4 is 40.9 Å².